The molecule has 0 radical (unpaired) electrons. The van der Waals surface area contributed by atoms with Crippen molar-refractivity contribution in [2.75, 3.05) is 12.9 Å². The van der Waals surface area contributed by atoms with Gasteiger partial charge in [0.1, 0.15) is 0 Å². The van der Waals surface area contributed by atoms with E-state index in [-0.39, 0.29) is 24.2 Å². The van der Waals surface area contributed by atoms with Crippen LogP contribution in [0.2, 0.25) is 0 Å². The molecule has 0 amide bonds. The number of hydrogen-bond donors (Lipinski definition) is 1. The molecule has 2 atom stereocenters. The molecule has 0 aromatic rings. The van der Waals surface area contributed by atoms with Crippen LogP contribution in [0.1, 0.15) is 39.0 Å². The number of ether oxygens (including phenoxy) is 1. The van der Waals surface area contributed by atoms with Crippen molar-refractivity contribution in [1.82, 2.24) is 4.72 Å². The minimum absolute atomic E-state index is 0.00696. The van der Waals surface area contributed by atoms with Crippen LogP contribution in [0.4, 0.5) is 0 Å². The van der Waals surface area contributed by atoms with Crippen LogP contribution in [-0.2, 0) is 19.6 Å². The van der Waals surface area contributed by atoms with Crippen LogP contribution in [0.5, 0.6) is 0 Å². The van der Waals surface area contributed by atoms with Gasteiger partial charge in [0, 0.05) is 12.5 Å². The molecule has 1 N–H and O–H groups in total. The molecule has 2 unspecified atom stereocenters. The molecule has 1 fully saturated rings. The summed E-state index contributed by atoms with van der Waals surface area (Å²) in [6.07, 6.45) is 3.37. The van der Waals surface area contributed by atoms with E-state index < -0.39 is 10.0 Å². The Morgan fingerprint density at radius 2 is 2.12 bits per heavy atom. The fraction of sp³-hybridized carbons (Fsp3) is 0.909. The van der Waals surface area contributed by atoms with Crippen LogP contribution in [0, 0.1) is 5.92 Å². The van der Waals surface area contributed by atoms with E-state index in [1.807, 2.05) is 0 Å². The highest BCUT2D eigenvalue weighted by atomic mass is 32.2. The van der Waals surface area contributed by atoms with Crippen LogP contribution in [-0.4, -0.2) is 33.3 Å². The Bertz CT molecular complexity index is 352. The van der Waals surface area contributed by atoms with Gasteiger partial charge in [0.2, 0.25) is 10.0 Å². The van der Waals surface area contributed by atoms with E-state index >= 15 is 0 Å². The molecular formula is C11H21NO4S. The molecule has 0 bridgehead atoms. The monoisotopic (exact) mass is 263 g/mol. The quantitative estimate of drug-likeness (QED) is 0.727. The molecule has 17 heavy (non-hydrogen) atoms. The van der Waals surface area contributed by atoms with Gasteiger partial charge in [0.15, 0.2) is 0 Å². The number of esters is 1. The summed E-state index contributed by atoms with van der Waals surface area (Å²) in [4.78, 5) is 10.8. The standard InChI is InChI=1S/C11H21NO4S/c1-9-5-6-10(8-9)12-17(14,15)7-3-4-11(13)16-2/h9-10,12H,3-8H2,1-2H3. The van der Waals surface area contributed by atoms with Gasteiger partial charge in [-0.15, -0.1) is 0 Å². The second kappa shape index (κ2) is 6.35. The average molecular weight is 263 g/mol. The first-order chi connectivity index (χ1) is 7.93. The van der Waals surface area contributed by atoms with Crippen molar-refractivity contribution in [2.24, 2.45) is 5.92 Å². The maximum absolute atomic E-state index is 11.7. The lowest BCUT2D eigenvalue weighted by Crippen LogP contribution is -2.34. The summed E-state index contributed by atoms with van der Waals surface area (Å²) in [5.74, 6) is 0.222. The molecule has 1 rings (SSSR count). The summed E-state index contributed by atoms with van der Waals surface area (Å²) in [5, 5.41) is 0. The van der Waals surface area contributed by atoms with Crippen molar-refractivity contribution < 1.29 is 17.9 Å². The van der Waals surface area contributed by atoms with Crippen molar-refractivity contribution in [1.29, 1.82) is 0 Å². The normalized spacial score (nSPS) is 24.8. The Morgan fingerprint density at radius 1 is 1.41 bits per heavy atom. The summed E-state index contributed by atoms with van der Waals surface area (Å²) in [7, 11) is -1.95. The van der Waals surface area contributed by atoms with E-state index in [2.05, 4.69) is 16.4 Å². The van der Waals surface area contributed by atoms with Crippen molar-refractivity contribution in [3.8, 4) is 0 Å². The second-order valence-electron chi connectivity index (χ2n) is 4.73. The van der Waals surface area contributed by atoms with Gasteiger partial charge in [-0.25, -0.2) is 13.1 Å². The molecule has 0 aliphatic heterocycles. The first kappa shape index (κ1) is 14.4. The SMILES string of the molecule is COC(=O)CCCS(=O)(=O)NC1CCC(C)C1. The van der Waals surface area contributed by atoms with Gasteiger partial charge >= 0.3 is 5.97 Å². The molecule has 5 nitrogen and oxygen atoms in total. The van der Waals surface area contributed by atoms with Crippen molar-refractivity contribution >= 4 is 16.0 Å². The topological polar surface area (TPSA) is 72.5 Å². The maximum Gasteiger partial charge on any atom is 0.305 e. The fourth-order valence-electron chi connectivity index (χ4n) is 2.14. The Kier molecular flexibility index (Phi) is 5.39. The highest BCUT2D eigenvalue weighted by Gasteiger charge is 2.25. The molecule has 1 aliphatic carbocycles. The molecule has 0 aromatic carbocycles. The lowest BCUT2D eigenvalue weighted by molar-refractivity contribution is -0.140. The van der Waals surface area contributed by atoms with Crippen molar-refractivity contribution in [3.63, 3.8) is 0 Å². The minimum Gasteiger partial charge on any atom is -0.469 e. The zero-order valence-corrected chi connectivity index (χ0v) is 11.3. The molecule has 0 saturated heterocycles. The Labute approximate surface area is 103 Å². The third kappa shape index (κ3) is 5.50. The first-order valence-corrected chi connectivity index (χ1v) is 7.65. The van der Waals surface area contributed by atoms with E-state index in [4.69, 9.17) is 0 Å². The highest BCUT2D eigenvalue weighted by molar-refractivity contribution is 7.89. The summed E-state index contributed by atoms with van der Waals surface area (Å²) in [6, 6.07) is 0.0770. The third-order valence-electron chi connectivity index (χ3n) is 3.06. The van der Waals surface area contributed by atoms with E-state index in [0.717, 1.165) is 19.3 Å². The lowest BCUT2D eigenvalue weighted by Gasteiger charge is -2.12. The van der Waals surface area contributed by atoms with Gasteiger partial charge in [-0.05, 0) is 31.6 Å². The number of sulfonamides is 1. The Morgan fingerprint density at radius 3 is 2.65 bits per heavy atom. The zero-order valence-electron chi connectivity index (χ0n) is 10.4. The van der Waals surface area contributed by atoms with Gasteiger partial charge < -0.3 is 4.74 Å². The number of hydrogen-bond acceptors (Lipinski definition) is 4. The molecular weight excluding hydrogens is 242 g/mol. The van der Waals surface area contributed by atoms with Gasteiger partial charge in [0.05, 0.1) is 12.9 Å². The lowest BCUT2D eigenvalue weighted by atomic mass is 10.1. The van der Waals surface area contributed by atoms with Gasteiger partial charge in [-0.1, -0.05) is 6.92 Å². The summed E-state index contributed by atoms with van der Waals surface area (Å²) in [5.41, 5.74) is 0. The zero-order chi connectivity index (χ0) is 12.9. The summed E-state index contributed by atoms with van der Waals surface area (Å²) < 4.78 is 30.6. The maximum atomic E-state index is 11.7. The number of nitrogens with one attached hydrogen (secondary N) is 1. The molecule has 100 valence electrons. The molecule has 1 aliphatic rings. The van der Waals surface area contributed by atoms with Gasteiger partial charge in [-0.2, -0.15) is 0 Å². The van der Waals surface area contributed by atoms with E-state index in [0.29, 0.717) is 12.3 Å². The number of rotatable bonds is 6. The fourth-order valence-corrected chi connectivity index (χ4v) is 3.50. The van der Waals surface area contributed by atoms with Crippen molar-refractivity contribution in [2.45, 2.75) is 45.1 Å². The van der Waals surface area contributed by atoms with E-state index in [1.165, 1.54) is 7.11 Å². The highest BCUT2D eigenvalue weighted by Crippen LogP contribution is 2.25. The van der Waals surface area contributed by atoms with Crippen LogP contribution >= 0.6 is 0 Å². The molecule has 0 heterocycles. The van der Waals surface area contributed by atoms with Gasteiger partial charge in [0.25, 0.3) is 0 Å². The summed E-state index contributed by atoms with van der Waals surface area (Å²) >= 11 is 0. The predicted octanol–water partition coefficient (Wildman–Crippen LogP) is 1.05. The minimum atomic E-state index is -3.25. The predicted molar refractivity (Wildman–Crippen MR) is 65.0 cm³/mol. The van der Waals surface area contributed by atoms with Crippen LogP contribution in [0.3, 0.4) is 0 Å². The smallest absolute Gasteiger partial charge is 0.305 e. The molecule has 0 spiro atoms. The second-order valence-corrected chi connectivity index (χ2v) is 6.61. The number of carbonyl (C=O) groups is 1. The molecule has 0 aromatic heterocycles. The summed E-state index contributed by atoms with van der Waals surface area (Å²) in [6.45, 7) is 2.13. The third-order valence-corrected chi connectivity index (χ3v) is 4.58. The van der Waals surface area contributed by atoms with Crippen LogP contribution < -0.4 is 4.72 Å². The van der Waals surface area contributed by atoms with Crippen LogP contribution in [0.15, 0.2) is 0 Å². The Hall–Kier alpha value is -0.620. The Balaban J connectivity index is 2.28. The first-order valence-electron chi connectivity index (χ1n) is 6.00. The van der Waals surface area contributed by atoms with E-state index in [9.17, 15) is 13.2 Å². The number of methoxy groups -OCH3 is 1. The van der Waals surface area contributed by atoms with Crippen molar-refractivity contribution in [3.05, 3.63) is 0 Å². The van der Waals surface area contributed by atoms with Gasteiger partial charge in [-0.3, -0.25) is 4.79 Å². The molecule has 6 heteroatoms. The average Bonchev–Trinajstić information content (AvgIpc) is 2.62. The number of carbonyl (C=O) groups excluding carboxylic acids is 1. The largest absolute Gasteiger partial charge is 0.469 e. The van der Waals surface area contributed by atoms with Crippen LogP contribution in [0.25, 0.3) is 0 Å². The molecule has 1 saturated carbocycles. The van der Waals surface area contributed by atoms with E-state index in [1.54, 1.807) is 0 Å².